The maximum Gasteiger partial charge on any atom is 0.449 e. The molecule has 0 spiro atoms. The fourth-order valence-electron chi connectivity index (χ4n) is 3.71. The highest BCUT2D eigenvalue weighted by atomic mass is 127. The molecule has 0 saturated carbocycles. The molecule has 0 saturated heterocycles. The summed E-state index contributed by atoms with van der Waals surface area (Å²) in [6, 6.07) is -0.524. The summed E-state index contributed by atoms with van der Waals surface area (Å²) < 4.78 is 75.8. The minimum Gasteiger partial charge on any atom is -0.464 e. The van der Waals surface area contributed by atoms with Gasteiger partial charge in [0, 0.05) is 61.3 Å². The van der Waals surface area contributed by atoms with Crippen molar-refractivity contribution < 1.29 is 36.3 Å². The first-order valence-corrected chi connectivity index (χ1v) is 10.8. The molecule has 7 nitrogen and oxygen atoms in total. The zero-order valence-electron chi connectivity index (χ0n) is 16.9. The molecule has 2 heterocycles. The monoisotopic (exact) mass is 574 g/mol. The number of carbonyl (C=O) groups excluding carboxylic acids is 2. The normalized spacial score (nSPS) is 17.7. The van der Waals surface area contributed by atoms with Crippen LogP contribution in [0.1, 0.15) is 47.7 Å². The molecular formula is C19H20F5IN4O3. The van der Waals surface area contributed by atoms with Crippen LogP contribution in [0.5, 0.6) is 0 Å². The molecule has 32 heavy (non-hydrogen) atoms. The van der Waals surface area contributed by atoms with Crippen LogP contribution in [-0.2, 0) is 28.8 Å². The first-order valence-electron chi connectivity index (χ1n) is 9.67. The highest BCUT2D eigenvalue weighted by molar-refractivity contribution is 14.1. The SMILES string of the molecule is COC(=O)c1nc(C(F)(F)F)n2c1CN(C(=O)C[C@@H](CC1=C(F)CCC(F)=C1)NI)CC2. The summed E-state index contributed by atoms with van der Waals surface area (Å²) in [6.45, 7) is -0.479. The second-order valence-electron chi connectivity index (χ2n) is 7.42. The van der Waals surface area contributed by atoms with E-state index in [-0.39, 0.29) is 56.6 Å². The van der Waals surface area contributed by atoms with E-state index in [1.54, 1.807) is 0 Å². The van der Waals surface area contributed by atoms with Crippen LogP contribution in [-0.4, -0.2) is 46.0 Å². The van der Waals surface area contributed by atoms with Crippen molar-refractivity contribution in [3.63, 3.8) is 0 Å². The smallest absolute Gasteiger partial charge is 0.449 e. The second kappa shape index (κ2) is 9.85. The number of nitrogens with one attached hydrogen (secondary N) is 1. The molecule has 1 amide bonds. The van der Waals surface area contributed by atoms with E-state index in [0.717, 1.165) is 17.8 Å². The molecule has 3 rings (SSSR count). The van der Waals surface area contributed by atoms with Gasteiger partial charge >= 0.3 is 12.1 Å². The van der Waals surface area contributed by atoms with Gasteiger partial charge in [-0.05, 0) is 18.1 Å². The molecule has 1 aliphatic carbocycles. The number of esters is 1. The highest BCUT2D eigenvalue weighted by Crippen LogP contribution is 2.33. The van der Waals surface area contributed by atoms with Gasteiger partial charge in [-0.25, -0.2) is 18.6 Å². The fourth-order valence-corrected chi connectivity index (χ4v) is 4.15. The maximum atomic E-state index is 14.0. The molecule has 1 N–H and O–H groups in total. The number of fused-ring (bicyclic) bond motifs is 1. The summed E-state index contributed by atoms with van der Waals surface area (Å²) in [6.07, 6.45) is -3.70. The second-order valence-corrected chi connectivity index (χ2v) is 8.05. The number of aromatic nitrogens is 2. The molecule has 13 heteroatoms. The molecule has 1 aliphatic heterocycles. The van der Waals surface area contributed by atoms with Crippen molar-refractivity contribution in [2.75, 3.05) is 13.7 Å². The van der Waals surface area contributed by atoms with Gasteiger partial charge in [-0.15, -0.1) is 0 Å². The average Bonchev–Trinajstić information content (AvgIpc) is 3.14. The van der Waals surface area contributed by atoms with Crippen LogP contribution in [0.15, 0.2) is 23.3 Å². The largest absolute Gasteiger partial charge is 0.464 e. The van der Waals surface area contributed by atoms with E-state index >= 15 is 0 Å². The number of nitrogens with zero attached hydrogens (tertiary/aromatic N) is 3. The Morgan fingerprint density at radius 2 is 2.00 bits per heavy atom. The van der Waals surface area contributed by atoms with E-state index < -0.39 is 47.3 Å². The molecule has 2 aliphatic rings. The summed E-state index contributed by atoms with van der Waals surface area (Å²) in [7, 11) is 1.03. The van der Waals surface area contributed by atoms with Crippen LogP contribution in [0.3, 0.4) is 0 Å². The van der Waals surface area contributed by atoms with Gasteiger partial charge in [0.25, 0.3) is 0 Å². The number of alkyl halides is 3. The number of carbonyl (C=O) groups is 2. The fraction of sp³-hybridized carbons (Fsp3) is 0.526. The van der Waals surface area contributed by atoms with Crippen molar-refractivity contribution in [1.82, 2.24) is 18.0 Å². The maximum absolute atomic E-state index is 14.0. The van der Waals surface area contributed by atoms with Gasteiger partial charge in [0.05, 0.1) is 19.3 Å². The summed E-state index contributed by atoms with van der Waals surface area (Å²) in [5, 5.41) is 0. The molecule has 0 unspecified atom stereocenters. The van der Waals surface area contributed by atoms with Gasteiger partial charge < -0.3 is 14.2 Å². The van der Waals surface area contributed by atoms with E-state index in [9.17, 15) is 31.5 Å². The highest BCUT2D eigenvalue weighted by Gasteiger charge is 2.42. The molecule has 1 atom stereocenters. The summed E-state index contributed by atoms with van der Waals surface area (Å²) >= 11 is 1.81. The summed E-state index contributed by atoms with van der Waals surface area (Å²) in [4.78, 5) is 29.5. The van der Waals surface area contributed by atoms with E-state index in [4.69, 9.17) is 0 Å². The van der Waals surface area contributed by atoms with Crippen LogP contribution >= 0.6 is 22.9 Å². The number of allylic oxidation sites excluding steroid dienone is 3. The molecule has 0 aromatic carbocycles. The van der Waals surface area contributed by atoms with E-state index in [2.05, 4.69) is 13.3 Å². The number of halogens is 6. The number of rotatable bonds is 6. The van der Waals surface area contributed by atoms with Crippen LogP contribution < -0.4 is 3.53 Å². The Morgan fingerprint density at radius 1 is 1.28 bits per heavy atom. The first kappa shape index (κ1) is 24.6. The number of imidazole rings is 1. The van der Waals surface area contributed by atoms with Gasteiger partial charge in [-0.3, -0.25) is 8.32 Å². The van der Waals surface area contributed by atoms with Crippen LogP contribution in [0, 0.1) is 0 Å². The Labute approximate surface area is 194 Å². The van der Waals surface area contributed by atoms with Gasteiger partial charge in [0.15, 0.2) is 5.69 Å². The lowest BCUT2D eigenvalue weighted by Crippen LogP contribution is -2.41. The van der Waals surface area contributed by atoms with Gasteiger partial charge in [0.2, 0.25) is 11.7 Å². The Bertz CT molecular complexity index is 973. The number of hydrogen-bond acceptors (Lipinski definition) is 5. The Kier molecular flexibility index (Phi) is 7.57. The quantitative estimate of drug-likeness (QED) is 0.241. The molecule has 176 valence electrons. The summed E-state index contributed by atoms with van der Waals surface area (Å²) in [5.74, 6) is -3.52. The lowest BCUT2D eigenvalue weighted by Gasteiger charge is -2.30. The third kappa shape index (κ3) is 5.30. The van der Waals surface area contributed by atoms with Crippen molar-refractivity contribution in [2.24, 2.45) is 0 Å². The first-order chi connectivity index (χ1) is 15.0. The summed E-state index contributed by atoms with van der Waals surface area (Å²) in [5.41, 5.74) is -0.375. The lowest BCUT2D eigenvalue weighted by molar-refractivity contribution is -0.148. The van der Waals surface area contributed by atoms with Crippen molar-refractivity contribution in [1.29, 1.82) is 0 Å². The molecule has 0 fully saturated rings. The molecule has 1 aromatic rings. The third-order valence-corrected chi connectivity index (χ3v) is 6.18. The molecular weight excluding hydrogens is 554 g/mol. The zero-order chi connectivity index (χ0) is 23.6. The van der Waals surface area contributed by atoms with Crippen LogP contribution in [0.2, 0.25) is 0 Å². The molecule has 0 radical (unpaired) electrons. The predicted molar refractivity (Wildman–Crippen MR) is 111 cm³/mol. The minimum absolute atomic E-state index is 0.000492. The van der Waals surface area contributed by atoms with Gasteiger partial charge in [-0.1, -0.05) is 0 Å². The van der Waals surface area contributed by atoms with E-state index in [1.807, 2.05) is 22.9 Å². The number of amides is 1. The Hall–Kier alpha value is -2.03. The number of ether oxygens (including phenoxy) is 1. The zero-order valence-corrected chi connectivity index (χ0v) is 19.1. The van der Waals surface area contributed by atoms with Crippen LogP contribution in [0.25, 0.3) is 0 Å². The topological polar surface area (TPSA) is 76.5 Å². The lowest BCUT2D eigenvalue weighted by atomic mass is 9.97. The van der Waals surface area contributed by atoms with Crippen molar-refractivity contribution in [2.45, 2.75) is 51.0 Å². The minimum atomic E-state index is -4.77. The van der Waals surface area contributed by atoms with E-state index in [1.165, 1.54) is 4.90 Å². The van der Waals surface area contributed by atoms with Crippen LogP contribution in [0.4, 0.5) is 22.0 Å². The standard InChI is InChI=1S/C19H20F5IN4O3/c1-32-17(31)16-14-9-28(4-5-29(14)18(26-16)19(22,23)24)15(30)8-12(27-25)7-10-6-11(20)2-3-13(10)21/h6,12,27H,2-5,7-9H2,1H3/t12-/m1/s1. The molecule has 1 aromatic heterocycles. The predicted octanol–water partition coefficient (Wildman–Crippen LogP) is 3.99. The van der Waals surface area contributed by atoms with E-state index in [0.29, 0.717) is 0 Å². The Balaban J connectivity index is 1.76. The third-order valence-electron chi connectivity index (χ3n) is 5.30. The average molecular weight is 574 g/mol. The van der Waals surface area contributed by atoms with Gasteiger partial charge in [-0.2, -0.15) is 13.2 Å². The molecule has 0 bridgehead atoms. The number of methoxy groups -OCH3 is 1. The van der Waals surface area contributed by atoms with Gasteiger partial charge in [0.1, 0.15) is 11.7 Å². The van der Waals surface area contributed by atoms with Crippen molar-refractivity contribution in [3.05, 3.63) is 40.5 Å². The number of hydrogen-bond donors (Lipinski definition) is 1. The van der Waals surface area contributed by atoms with Crippen molar-refractivity contribution >= 4 is 34.7 Å². The van der Waals surface area contributed by atoms with Crippen molar-refractivity contribution in [3.8, 4) is 0 Å². The Morgan fingerprint density at radius 3 is 2.62 bits per heavy atom.